The number of carboxylic acids is 1. The summed E-state index contributed by atoms with van der Waals surface area (Å²) in [4.78, 5) is 25.0. The maximum atomic E-state index is 11.9. The molecule has 1 fully saturated rings. The minimum Gasteiger partial charge on any atom is -0.481 e. The van der Waals surface area contributed by atoms with Crippen LogP contribution in [0.2, 0.25) is 0 Å². The second-order valence-electron chi connectivity index (χ2n) is 5.44. The van der Waals surface area contributed by atoms with Crippen molar-refractivity contribution in [2.24, 2.45) is 5.41 Å². The monoisotopic (exact) mass is 268 g/mol. The predicted octanol–water partition coefficient (Wildman–Crippen LogP) is 2.24. The maximum absolute atomic E-state index is 11.9. The van der Waals surface area contributed by atoms with E-state index in [1.165, 1.54) is 0 Å². The van der Waals surface area contributed by atoms with Gasteiger partial charge in [-0.1, -0.05) is 25.5 Å². The molecule has 0 aliphatic carbocycles. The van der Waals surface area contributed by atoms with Gasteiger partial charge in [0.2, 0.25) is 0 Å². The Morgan fingerprint density at radius 3 is 2.37 bits per heavy atom. The Bertz CT molecular complexity index is 358. The van der Waals surface area contributed by atoms with Gasteiger partial charge >= 0.3 is 12.0 Å². The topological polar surface area (TPSA) is 69.6 Å². The van der Waals surface area contributed by atoms with Gasteiger partial charge in [0, 0.05) is 19.6 Å². The number of piperidine rings is 1. The standard InChI is InChI=1S/C14H24N2O3/c1-4-5-14(12(17)18)6-8-16(9-7-14)13(19)15-10-11(2)3/h2,4-10H2,1,3H3,(H,15,19)(H,17,18). The Labute approximate surface area is 114 Å². The fourth-order valence-corrected chi connectivity index (χ4v) is 2.53. The Hall–Kier alpha value is -1.52. The van der Waals surface area contributed by atoms with E-state index in [4.69, 9.17) is 0 Å². The van der Waals surface area contributed by atoms with Crippen molar-refractivity contribution >= 4 is 12.0 Å². The van der Waals surface area contributed by atoms with Crippen LogP contribution in [-0.4, -0.2) is 41.6 Å². The molecular formula is C14H24N2O3. The summed E-state index contributed by atoms with van der Waals surface area (Å²) in [5.41, 5.74) is 0.260. The first-order chi connectivity index (χ1) is 8.91. The molecule has 0 aromatic heterocycles. The van der Waals surface area contributed by atoms with Gasteiger partial charge in [0.1, 0.15) is 0 Å². The molecule has 0 aromatic carbocycles. The number of rotatable bonds is 5. The molecule has 0 aromatic rings. The van der Waals surface area contributed by atoms with Crippen molar-refractivity contribution in [1.29, 1.82) is 0 Å². The summed E-state index contributed by atoms with van der Waals surface area (Å²) in [6.45, 7) is 9.07. The van der Waals surface area contributed by atoms with E-state index in [0.717, 1.165) is 12.0 Å². The van der Waals surface area contributed by atoms with Crippen molar-refractivity contribution in [3.8, 4) is 0 Å². The lowest BCUT2D eigenvalue weighted by atomic mass is 9.75. The fraction of sp³-hybridized carbons (Fsp3) is 0.714. The molecule has 1 rings (SSSR count). The van der Waals surface area contributed by atoms with Gasteiger partial charge in [-0.3, -0.25) is 4.79 Å². The molecule has 108 valence electrons. The van der Waals surface area contributed by atoms with Crippen LogP contribution in [0.5, 0.6) is 0 Å². The van der Waals surface area contributed by atoms with Crippen LogP contribution in [-0.2, 0) is 4.79 Å². The fourth-order valence-electron chi connectivity index (χ4n) is 2.53. The number of hydrogen-bond donors (Lipinski definition) is 2. The van der Waals surface area contributed by atoms with Crippen LogP contribution in [0.15, 0.2) is 12.2 Å². The molecule has 1 aliphatic heterocycles. The van der Waals surface area contributed by atoms with Crippen LogP contribution >= 0.6 is 0 Å². The zero-order chi connectivity index (χ0) is 14.5. The minimum absolute atomic E-state index is 0.126. The molecule has 0 atom stereocenters. The van der Waals surface area contributed by atoms with Gasteiger partial charge < -0.3 is 15.3 Å². The normalized spacial score (nSPS) is 17.9. The third-order valence-electron chi connectivity index (χ3n) is 3.73. The van der Waals surface area contributed by atoms with Gasteiger partial charge in [0.25, 0.3) is 0 Å². The first-order valence-electron chi connectivity index (χ1n) is 6.82. The quantitative estimate of drug-likeness (QED) is 0.751. The Kier molecular flexibility index (Phi) is 5.39. The lowest BCUT2D eigenvalue weighted by molar-refractivity contribution is -0.152. The third-order valence-corrected chi connectivity index (χ3v) is 3.73. The number of carboxylic acid groups (broad SMARTS) is 1. The second kappa shape index (κ2) is 6.59. The number of nitrogens with zero attached hydrogens (tertiary/aromatic N) is 1. The maximum Gasteiger partial charge on any atom is 0.317 e. The van der Waals surface area contributed by atoms with Gasteiger partial charge in [-0.05, 0) is 26.2 Å². The molecule has 0 saturated carbocycles. The molecule has 2 amide bonds. The van der Waals surface area contributed by atoms with E-state index in [0.29, 0.717) is 38.9 Å². The van der Waals surface area contributed by atoms with Crippen LogP contribution in [0.3, 0.4) is 0 Å². The highest BCUT2D eigenvalue weighted by Gasteiger charge is 2.41. The number of amides is 2. The highest BCUT2D eigenvalue weighted by molar-refractivity contribution is 5.77. The van der Waals surface area contributed by atoms with E-state index in [9.17, 15) is 14.7 Å². The largest absolute Gasteiger partial charge is 0.481 e. The molecule has 19 heavy (non-hydrogen) atoms. The molecule has 1 heterocycles. The van der Waals surface area contributed by atoms with Crippen molar-refractivity contribution in [1.82, 2.24) is 10.2 Å². The molecule has 0 spiro atoms. The number of likely N-dealkylation sites (tertiary alicyclic amines) is 1. The van der Waals surface area contributed by atoms with E-state index in [1.807, 2.05) is 13.8 Å². The lowest BCUT2D eigenvalue weighted by Gasteiger charge is -2.38. The Morgan fingerprint density at radius 1 is 1.37 bits per heavy atom. The van der Waals surface area contributed by atoms with Crippen LogP contribution in [0, 0.1) is 5.41 Å². The van der Waals surface area contributed by atoms with E-state index in [1.54, 1.807) is 4.90 Å². The molecular weight excluding hydrogens is 244 g/mol. The average Bonchev–Trinajstić information content (AvgIpc) is 2.37. The summed E-state index contributed by atoms with van der Waals surface area (Å²) < 4.78 is 0. The summed E-state index contributed by atoms with van der Waals surface area (Å²) in [7, 11) is 0. The van der Waals surface area contributed by atoms with Crippen molar-refractivity contribution in [2.45, 2.75) is 39.5 Å². The van der Waals surface area contributed by atoms with Gasteiger partial charge in [0.15, 0.2) is 0 Å². The first-order valence-corrected chi connectivity index (χ1v) is 6.82. The number of hydrogen-bond acceptors (Lipinski definition) is 2. The summed E-state index contributed by atoms with van der Waals surface area (Å²) in [5, 5.41) is 12.2. The van der Waals surface area contributed by atoms with E-state index < -0.39 is 11.4 Å². The molecule has 2 N–H and O–H groups in total. The van der Waals surface area contributed by atoms with Crippen molar-refractivity contribution in [3.05, 3.63) is 12.2 Å². The highest BCUT2D eigenvalue weighted by Crippen LogP contribution is 2.36. The highest BCUT2D eigenvalue weighted by atomic mass is 16.4. The average molecular weight is 268 g/mol. The van der Waals surface area contributed by atoms with Crippen LogP contribution < -0.4 is 5.32 Å². The van der Waals surface area contributed by atoms with E-state index in [2.05, 4.69) is 11.9 Å². The minimum atomic E-state index is -0.726. The summed E-state index contributed by atoms with van der Waals surface area (Å²) in [6.07, 6.45) is 2.62. The summed E-state index contributed by atoms with van der Waals surface area (Å²) in [5.74, 6) is -0.726. The van der Waals surface area contributed by atoms with Gasteiger partial charge in [-0.2, -0.15) is 0 Å². The number of carbonyl (C=O) groups is 2. The molecule has 5 heteroatoms. The molecule has 0 bridgehead atoms. The molecule has 1 saturated heterocycles. The Morgan fingerprint density at radius 2 is 1.95 bits per heavy atom. The third kappa shape index (κ3) is 3.98. The van der Waals surface area contributed by atoms with E-state index in [-0.39, 0.29) is 6.03 Å². The zero-order valence-corrected chi connectivity index (χ0v) is 11.9. The SMILES string of the molecule is C=C(C)CNC(=O)N1CCC(CCC)(C(=O)O)CC1. The van der Waals surface area contributed by atoms with Crippen LogP contribution in [0.4, 0.5) is 4.79 Å². The number of carbonyl (C=O) groups excluding carboxylic acids is 1. The van der Waals surface area contributed by atoms with Crippen molar-refractivity contribution in [3.63, 3.8) is 0 Å². The summed E-state index contributed by atoms with van der Waals surface area (Å²) >= 11 is 0. The smallest absolute Gasteiger partial charge is 0.317 e. The Balaban J connectivity index is 2.53. The first kappa shape index (κ1) is 15.5. The number of aliphatic carboxylic acids is 1. The van der Waals surface area contributed by atoms with Crippen LogP contribution in [0.25, 0.3) is 0 Å². The predicted molar refractivity (Wildman–Crippen MR) is 74.0 cm³/mol. The van der Waals surface area contributed by atoms with E-state index >= 15 is 0 Å². The van der Waals surface area contributed by atoms with Gasteiger partial charge in [-0.25, -0.2) is 4.79 Å². The number of nitrogens with one attached hydrogen (secondary N) is 1. The van der Waals surface area contributed by atoms with Crippen molar-refractivity contribution in [2.75, 3.05) is 19.6 Å². The summed E-state index contributed by atoms with van der Waals surface area (Å²) in [6, 6.07) is -0.126. The zero-order valence-electron chi connectivity index (χ0n) is 11.9. The van der Waals surface area contributed by atoms with Crippen molar-refractivity contribution < 1.29 is 14.7 Å². The van der Waals surface area contributed by atoms with Gasteiger partial charge in [-0.15, -0.1) is 0 Å². The molecule has 1 aliphatic rings. The molecule has 0 radical (unpaired) electrons. The molecule has 5 nitrogen and oxygen atoms in total. The number of urea groups is 1. The molecule has 0 unspecified atom stereocenters. The van der Waals surface area contributed by atoms with Crippen LogP contribution in [0.1, 0.15) is 39.5 Å². The van der Waals surface area contributed by atoms with Gasteiger partial charge in [0.05, 0.1) is 5.41 Å². The second-order valence-corrected chi connectivity index (χ2v) is 5.44. The lowest BCUT2D eigenvalue weighted by Crippen LogP contribution is -2.49.